The van der Waals surface area contributed by atoms with Gasteiger partial charge in [-0.25, -0.2) is 14.6 Å². The molecule has 0 spiro atoms. The number of hydrogen-bond donors (Lipinski definition) is 0. The molecule has 1 unspecified atom stereocenters. The van der Waals surface area contributed by atoms with Gasteiger partial charge in [0.15, 0.2) is 6.10 Å². The molecule has 0 aromatic heterocycles. The third-order valence-electron chi connectivity index (χ3n) is 5.10. The Morgan fingerprint density at radius 3 is 2.27 bits per heavy atom. The second kappa shape index (κ2) is 16.7. The second-order valence-electron chi connectivity index (χ2n) is 7.45. The summed E-state index contributed by atoms with van der Waals surface area (Å²) in [5.74, 6) is 1.41. The summed E-state index contributed by atoms with van der Waals surface area (Å²) in [4.78, 5) is 30.4. The van der Waals surface area contributed by atoms with Crippen molar-refractivity contribution in [2.75, 3.05) is 20.3 Å². The van der Waals surface area contributed by atoms with Crippen LogP contribution in [0.4, 0.5) is 0 Å². The third kappa shape index (κ3) is 11.5. The number of carbonyl (C=O) groups excluding carboxylic acids is 2. The van der Waals surface area contributed by atoms with E-state index in [1.807, 2.05) is 19.1 Å². The van der Waals surface area contributed by atoms with Gasteiger partial charge in [-0.3, -0.25) is 4.79 Å². The molecule has 2 rings (SSSR count). The number of rotatable bonds is 13. The van der Waals surface area contributed by atoms with Gasteiger partial charge in [0.1, 0.15) is 25.2 Å². The predicted octanol–water partition coefficient (Wildman–Crippen LogP) is 5.08. The third-order valence-corrected chi connectivity index (χ3v) is 5.10. The van der Waals surface area contributed by atoms with Gasteiger partial charge in [0.2, 0.25) is 0 Å². The Labute approximate surface area is 196 Å². The zero-order valence-electron chi connectivity index (χ0n) is 19.7. The minimum atomic E-state index is -0.490. The van der Waals surface area contributed by atoms with Gasteiger partial charge >= 0.3 is 5.97 Å². The fourth-order valence-electron chi connectivity index (χ4n) is 3.32. The van der Waals surface area contributed by atoms with E-state index in [1.165, 1.54) is 11.6 Å². The van der Waals surface area contributed by atoms with Crippen LogP contribution in [0.1, 0.15) is 50.5 Å². The van der Waals surface area contributed by atoms with Crippen LogP contribution in [0, 0.1) is 0 Å². The average molecular weight is 461 g/mol. The Morgan fingerprint density at radius 2 is 1.76 bits per heavy atom. The number of esters is 1. The van der Waals surface area contributed by atoms with E-state index in [-0.39, 0.29) is 19.3 Å². The maximum absolute atomic E-state index is 11.3. The van der Waals surface area contributed by atoms with E-state index in [2.05, 4.69) is 31.9 Å². The van der Waals surface area contributed by atoms with Crippen molar-refractivity contribution < 1.29 is 33.6 Å². The highest BCUT2D eigenvalue weighted by Gasteiger charge is 2.23. The number of benzene rings is 1. The van der Waals surface area contributed by atoms with Crippen LogP contribution in [0.25, 0.3) is 0 Å². The maximum atomic E-state index is 11.3. The van der Waals surface area contributed by atoms with Crippen molar-refractivity contribution >= 4 is 12.3 Å². The molecule has 1 aliphatic carbocycles. The lowest BCUT2D eigenvalue weighted by Gasteiger charge is -2.27. The zero-order valence-corrected chi connectivity index (χ0v) is 19.7. The Hall–Kier alpha value is -2.90. The quantitative estimate of drug-likeness (QED) is 0.101. The van der Waals surface area contributed by atoms with Gasteiger partial charge in [-0.05, 0) is 55.4 Å². The van der Waals surface area contributed by atoms with E-state index >= 15 is 0 Å². The molecule has 1 aliphatic rings. The fourth-order valence-corrected chi connectivity index (χ4v) is 3.32. The van der Waals surface area contributed by atoms with Gasteiger partial charge in [-0.2, -0.15) is 0 Å². The van der Waals surface area contributed by atoms with Crippen molar-refractivity contribution in [3.8, 4) is 5.75 Å². The molecule has 7 nitrogen and oxygen atoms in total. The molecule has 0 radical (unpaired) electrons. The standard InChI is InChI=1S/C23H32O6.C3H4O/c1-5-17(3)28-22(16-27-23(24)6-2)15-26-20-11-7-18(8-12-20)19-9-13-21(14-10-19)29-25-4;1-2-3-4/h6-8,11-12,19,21-22H,2-3,5,9-10,13-16H2,1,4H3;2-3H,1H2. The molecule has 0 saturated heterocycles. The smallest absolute Gasteiger partial charge is 0.330 e. The lowest BCUT2D eigenvalue weighted by atomic mass is 9.83. The van der Waals surface area contributed by atoms with E-state index in [0.717, 1.165) is 37.5 Å². The zero-order chi connectivity index (χ0) is 24.5. The number of hydrogen-bond acceptors (Lipinski definition) is 7. The molecule has 0 aliphatic heterocycles. The number of allylic oxidation sites excluding steroid dienone is 2. The number of ether oxygens (including phenoxy) is 3. The highest BCUT2D eigenvalue weighted by Crippen LogP contribution is 2.34. The molecule has 1 aromatic rings. The predicted molar refractivity (Wildman–Crippen MR) is 127 cm³/mol. The van der Waals surface area contributed by atoms with Crippen LogP contribution in [0.15, 0.2) is 61.9 Å². The number of carbonyl (C=O) groups is 2. The van der Waals surface area contributed by atoms with Gasteiger partial charge < -0.3 is 14.2 Å². The summed E-state index contributed by atoms with van der Waals surface area (Å²) in [6, 6.07) is 8.15. The minimum absolute atomic E-state index is 0.0781. The normalized spacial score (nSPS) is 18.0. The first kappa shape index (κ1) is 28.1. The Bertz CT molecular complexity index is 728. The van der Waals surface area contributed by atoms with Crippen LogP contribution in [0.2, 0.25) is 0 Å². The van der Waals surface area contributed by atoms with Crippen molar-refractivity contribution in [3.63, 3.8) is 0 Å². The molecular weight excluding hydrogens is 424 g/mol. The van der Waals surface area contributed by atoms with Crippen LogP contribution >= 0.6 is 0 Å². The molecule has 0 N–H and O–H groups in total. The SMILES string of the molecule is C=CC(=O)OCC(COc1ccc(C2CCC(OOC)CC2)cc1)OC(=C)CC.C=CC=O. The van der Waals surface area contributed by atoms with Crippen molar-refractivity contribution in [2.45, 2.75) is 57.2 Å². The maximum Gasteiger partial charge on any atom is 0.330 e. The van der Waals surface area contributed by atoms with Crippen LogP contribution in [0.5, 0.6) is 5.75 Å². The molecule has 0 bridgehead atoms. The van der Waals surface area contributed by atoms with Crippen LogP contribution in [-0.4, -0.2) is 44.8 Å². The highest BCUT2D eigenvalue weighted by atomic mass is 17.2. The van der Waals surface area contributed by atoms with Gasteiger partial charge in [0.25, 0.3) is 0 Å². The van der Waals surface area contributed by atoms with E-state index in [0.29, 0.717) is 24.4 Å². The molecule has 1 aromatic carbocycles. The van der Waals surface area contributed by atoms with E-state index in [1.54, 1.807) is 7.11 Å². The highest BCUT2D eigenvalue weighted by molar-refractivity contribution is 5.81. The summed E-state index contributed by atoms with van der Waals surface area (Å²) in [6.07, 6.45) is 7.57. The summed E-state index contributed by atoms with van der Waals surface area (Å²) in [5, 5.41) is 0. The monoisotopic (exact) mass is 460 g/mol. The number of aldehydes is 1. The summed E-state index contributed by atoms with van der Waals surface area (Å²) < 4.78 is 16.7. The molecule has 1 saturated carbocycles. The molecule has 33 heavy (non-hydrogen) atoms. The summed E-state index contributed by atoms with van der Waals surface area (Å²) in [6.45, 7) is 12.6. The van der Waals surface area contributed by atoms with E-state index < -0.39 is 12.1 Å². The molecule has 1 atom stereocenters. The molecular formula is C26H36O7. The van der Waals surface area contributed by atoms with Crippen LogP contribution in [0.3, 0.4) is 0 Å². The topological polar surface area (TPSA) is 80.3 Å². The minimum Gasteiger partial charge on any atom is -0.490 e. The van der Waals surface area contributed by atoms with Crippen molar-refractivity contribution in [1.82, 2.24) is 0 Å². The molecule has 0 heterocycles. The first-order chi connectivity index (χ1) is 16.0. The molecule has 1 fully saturated rings. The van der Waals surface area contributed by atoms with Gasteiger partial charge in [0, 0.05) is 12.5 Å². The Morgan fingerprint density at radius 1 is 1.12 bits per heavy atom. The van der Waals surface area contributed by atoms with E-state index in [4.69, 9.17) is 28.8 Å². The first-order valence-corrected chi connectivity index (χ1v) is 11.1. The summed E-state index contributed by atoms with van der Waals surface area (Å²) >= 11 is 0. The Balaban J connectivity index is 0.00000125. The van der Waals surface area contributed by atoms with Crippen LogP contribution < -0.4 is 4.74 Å². The van der Waals surface area contributed by atoms with E-state index in [9.17, 15) is 4.79 Å². The lowest BCUT2D eigenvalue weighted by Crippen LogP contribution is -2.28. The van der Waals surface area contributed by atoms with Crippen molar-refractivity contribution in [1.29, 1.82) is 0 Å². The Kier molecular flexibility index (Phi) is 14.2. The first-order valence-electron chi connectivity index (χ1n) is 11.1. The van der Waals surface area contributed by atoms with Crippen molar-refractivity contribution in [3.05, 3.63) is 67.5 Å². The van der Waals surface area contributed by atoms with Crippen LogP contribution in [-0.2, 0) is 28.8 Å². The molecule has 7 heteroatoms. The summed E-state index contributed by atoms with van der Waals surface area (Å²) in [5.41, 5.74) is 1.31. The molecule has 182 valence electrons. The lowest BCUT2D eigenvalue weighted by molar-refractivity contribution is -0.309. The molecule has 0 amide bonds. The fraction of sp³-hybridized carbons (Fsp3) is 0.462. The van der Waals surface area contributed by atoms with Gasteiger partial charge in [-0.1, -0.05) is 38.8 Å². The summed E-state index contributed by atoms with van der Waals surface area (Å²) in [7, 11) is 1.56. The van der Waals surface area contributed by atoms with Gasteiger partial charge in [0.05, 0.1) is 19.0 Å². The average Bonchev–Trinajstić information content (AvgIpc) is 2.86. The van der Waals surface area contributed by atoms with Crippen molar-refractivity contribution in [2.24, 2.45) is 0 Å². The second-order valence-corrected chi connectivity index (χ2v) is 7.45. The van der Waals surface area contributed by atoms with Gasteiger partial charge in [-0.15, -0.1) is 0 Å². The largest absolute Gasteiger partial charge is 0.490 e.